The number of amides is 2. The summed E-state index contributed by atoms with van der Waals surface area (Å²) in [5.41, 5.74) is 7.22. The Kier molecular flexibility index (Phi) is 6.89. The van der Waals surface area contributed by atoms with Gasteiger partial charge in [-0.3, -0.25) is 20.4 Å². The molecular formula is C19H20Cl2N2O3. The van der Waals surface area contributed by atoms with E-state index in [9.17, 15) is 9.59 Å². The Morgan fingerprint density at radius 2 is 1.65 bits per heavy atom. The third-order valence-corrected chi connectivity index (χ3v) is 4.66. The summed E-state index contributed by atoms with van der Waals surface area (Å²) in [6.45, 7) is 5.49. The van der Waals surface area contributed by atoms with Crippen molar-refractivity contribution in [2.45, 2.75) is 33.3 Å². The molecule has 0 aromatic heterocycles. The lowest BCUT2D eigenvalue weighted by atomic mass is 10.1. The van der Waals surface area contributed by atoms with Gasteiger partial charge in [-0.2, -0.15) is 0 Å². The van der Waals surface area contributed by atoms with Crippen LogP contribution < -0.4 is 15.6 Å². The third kappa shape index (κ3) is 5.13. The van der Waals surface area contributed by atoms with Crippen molar-refractivity contribution < 1.29 is 14.3 Å². The van der Waals surface area contributed by atoms with E-state index in [2.05, 4.69) is 10.9 Å². The van der Waals surface area contributed by atoms with E-state index in [1.807, 2.05) is 26.0 Å². The molecule has 2 amide bonds. The third-order valence-electron chi connectivity index (χ3n) is 3.95. The van der Waals surface area contributed by atoms with Crippen LogP contribution in [0.25, 0.3) is 0 Å². The Balaban J connectivity index is 1.89. The van der Waals surface area contributed by atoms with Crippen molar-refractivity contribution in [1.29, 1.82) is 0 Å². The molecule has 1 atom stereocenters. The monoisotopic (exact) mass is 394 g/mol. The number of aryl methyl sites for hydroxylation is 1. The van der Waals surface area contributed by atoms with Gasteiger partial charge < -0.3 is 4.74 Å². The summed E-state index contributed by atoms with van der Waals surface area (Å²) in [6.07, 6.45) is -0.829. The largest absolute Gasteiger partial charge is 0.481 e. The van der Waals surface area contributed by atoms with Crippen LogP contribution >= 0.6 is 23.2 Å². The van der Waals surface area contributed by atoms with Crippen molar-refractivity contribution in [3.05, 3.63) is 63.1 Å². The van der Waals surface area contributed by atoms with Crippen LogP contribution in [0.15, 0.2) is 36.4 Å². The molecule has 2 aromatic carbocycles. The summed E-state index contributed by atoms with van der Waals surface area (Å²) < 4.78 is 5.67. The molecule has 7 heteroatoms. The van der Waals surface area contributed by atoms with Gasteiger partial charge in [-0.25, -0.2) is 0 Å². The van der Waals surface area contributed by atoms with Gasteiger partial charge in [-0.15, -0.1) is 0 Å². The van der Waals surface area contributed by atoms with Crippen molar-refractivity contribution in [3.8, 4) is 5.75 Å². The molecule has 0 heterocycles. The second-order valence-electron chi connectivity index (χ2n) is 5.87. The molecule has 2 aromatic rings. The Bertz CT molecular complexity index is 804. The highest BCUT2D eigenvalue weighted by atomic mass is 35.5. The first-order valence-electron chi connectivity index (χ1n) is 8.04. The van der Waals surface area contributed by atoms with E-state index < -0.39 is 17.9 Å². The zero-order valence-corrected chi connectivity index (χ0v) is 16.2. The highest BCUT2D eigenvalue weighted by Crippen LogP contribution is 2.24. The minimum atomic E-state index is -0.778. The van der Waals surface area contributed by atoms with Gasteiger partial charge in [0.1, 0.15) is 5.75 Å². The second kappa shape index (κ2) is 8.92. The molecule has 2 rings (SSSR count). The van der Waals surface area contributed by atoms with E-state index in [-0.39, 0.29) is 6.42 Å². The average molecular weight is 395 g/mol. The van der Waals surface area contributed by atoms with E-state index in [1.165, 1.54) is 0 Å². The van der Waals surface area contributed by atoms with Crippen molar-refractivity contribution in [2.75, 3.05) is 0 Å². The number of rotatable bonds is 5. The number of ether oxygens (including phenoxy) is 1. The van der Waals surface area contributed by atoms with E-state index in [0.29, 0.717) is 21.4 Å². The van der Waals surface area contributed by atoms with Crippen molar-refractivity contribution >= 4 is 35.0 Å². The number of carbonyl (C=O) groups is 2. The van der Waals surface area contributed by atoms with Gasteiger partial charge in [0.15, 0.2) is 6.10 Å². The molecule has 0 aliphatic rings. The smallest absolute Gasteiger partial charge is 0.279 e. The first-order valence-corrected chi connectivity index (χ1v) is 8.79. The zero-order chi connectivity index (χ0) is 19.3. The van der Waals surface area contributed by atoms with Crippen molar-refractivity contribution in [2.24, 2.45) is 0 Å². The molecule has 0 saturated heterocycles. The molecule has 0 fully saturated rings. The molecule has 26 heavy (non-hydrogen) atoms. The Hall–Kier alpha value is -2.24. The maximum absolute atomic E-state index is 12.1. The number of benzene rings is 2. The normalized spacial score (nSPS) is 11.6. The quantitative estimate of drug-likeness (QED) is 0.758. The summed E-state index contributed by atoms with van der Waals surface area (Å²) in [6, 6.07) is 10.6. The van der Waals surface area contributed by atoms with Crippen LogP contribution in [-0.2, 0) is 16.0 Å². The summed E-state index contributed by atoms with van der Waals surface area (Å²) in [5.74, 6) is -0.279. The Morgan fingerprint density at radius 1 is 1.04 bits per heavy atom. The minimum absolute atomic E-state index is 0.0506. The molecule has 0 spiro atoms. The number of hydrazine groups is 1. The van der Waals surface area contributed by atoms with Crippen molar-refractivity contribution in [3.63, 3.8) is 0 Å². The minimum Gasteiger partial charge on any atom is -0.481 e. The molecule has 0 radical (unpaired) electrons. The van der Waals surface area contributed by atoms with Gasteiger partial charge in [-0.05, 0) is 55.7 Å². The first kappa shape index (κ1) is 20.1. The van der Waals surface area contributed by atoms with Crippen LogP contribution in [0, 0.1) is 13.8 Å². The summed E-state index contributed by atoms with van der Waals surface area (Å²) in [7, 11) is 0. The SMILES string of the molecule is Cc1cccc(O[C@H](C)C(=O)NNC(=O)Cc2c(Cl)cccc2Cl)c1C. The van der Waals surface area contributed by atoms with Crippen LogP contribution in [0.3, 0.4) is 0 Å². The van der Waals surface area contributed by atoms with Gasteiger partial charge in [0.2, 0.25) is 5.91 Å². The fraction of sp³-hybridized carbons (Fsp3) is 0.263. The maximum atomic E-state index is 12.1. The van der Waals surface area contributed by atoms with E-state index in [4.69, 9.17) is 27.9 Å². The fourth-order valence-electron chi connectivity index (χ4n) is 2.23. The lowest BCUT2D eigenvalue weighted by Gasteiger charge is -2.17. The zero-order valence-electron chi connectivity index (χ0n) is 14.7. The van der Waals surface area contributed by atoms with Gasteiger partial charge in [0.25, 0.3) is 5.91 Å². The molecule has 0 aliphatic heterocycles. The summed E-state index contributed by atoms with van der Waals surface area (Å²) in [5, 5.41) is 0.788. The van der Waals surface area contributed by atoms with Crippen LogP contribution in [0.5, 0.6) is 5.75 Å². The van der Waals surface area contributed by atoms with Gasteiger partial charge in [0, 0.05) is 10.0 Å². The van der Waals surface area contributed by atoms with Crippen LogP contribution in [-0.4, -0.2) is 17.9 Å². The van der Waals surface area contributed by atoms with Gasteiger partial charge >= 0.3 is 0 Å². The Labute approximate surface area is 162 Å². The molecule has 2 N–H and O–H groups in total. The van der Waals surface area contributed by atoms with Crippen LogP contribution in [0.2, 0.25) is 10.0 Å². The maximum Gasteiger partial charge on any atom is 0.279 e. The highest BCUT2D eigenvalue weighted by molar-refractivity contribution is 6.36. The molecule has 138 valence electrons. The first-order chi connectivity index (χ1) is 12.3. The average Bonchev–Trinajstić information content (AvgIpc) is 2.60. The Morgan fingerprint density at radius 3 is 2.31 bits per heavy atom. The molecule has 5 nitrogen and oxygen atoms in total. The standard InChI is InChI=1S/C19H20Cl2N2O3/c1-11-6-4-9-17(12(11)2)26-13(3)19(25)23-22-18(24)10-14-15(20)7-5-8-16(14)21/h4-9,13H,10H2,1-3H3,(H,22,24)(H,23,25)/t13-/m1/s1. The predicted molar refractivity (Wildman–Crippen MR) is 102 cm³/mol. The molecule has 0 bridgehead atoms. The van der Waals surface area contributed by atoms with Gasteiger partial charge in [-0.1, -0.05) is 41.4 Å². The van der Waals surface area contributed by atoms with E-state index in [1.54, 1.807) is 31.2 Å². The lowest BCUT2D eigenvalue weighted by Crippen LogP contribution is -2.47. The number of nitrogens with one attached hydrogen (secondary N) is 2. The number of carbonyl (C=O) groups excluding carboxylic acids is 2. The summed E-state index contributed by atoms with van der Waals surface area (Å²) >= 11 is 12.1. The number of hydrogen-bond acceptors (Lipinski definition) is 3. The van der Waals surface area contributed by atoms with Crippen molar-refractivity contribution in [1.82, 2.24) is 10.9 Å². The fourth-order valence-corrected chi connectivity index (χ4v) is 2.77. The predicted octanol–water partition coefficient (Wildman–Crippen LogP) is 3.77. The topological polar surface area (TPSA) is 67.4 Å². The molecular weight excluding hydrogens is 375 g/mol. The number of hydrogen-bond donors (Lipinski definition) is 2. The van der Waals surface area contributed by atoms with Crippen LogP contribution in [0.1, 0.15) is 23.6 Å². The second-order valence-corrected chi connectivity index (χ2v) is 6.69. The molecule has 0 unspecified atom stereocenters. The molecule has 0 aliphatic carbocycles. The highest BCUT2D eigenvalue weighted by Gasteiger charge is 2.17. The van der Waals surface area contributed by atoms with E-state index >= 15 is 0 Å². The lowest BCUT2D eigenvalue weighted by molar-refractivity contribution is -0.132. The van der Waals surface area contributed by atoms with E-state index in [0.717, 1.165) is 11.1 Å². The summed E-state index contributed by atoms with van der Waals surface area (Å²) in [4.78, 5) is 24.1. The van der Waals surface area contributed by atoms with Crippen LogP contribution in [0.4, 0.5) is 0 Å². The van der Waals surface area contributed by atoms with Gasteiger partial charge in [0.05, 0.1) is 6.42 Å². The molecule has 0 saturated carbocycles. The number of halogens is 2.